The van der Waals surface area contributed by atoms with Crippen LogP contribution in [0.25, 0.3) is 11.2 Å². The zero-order valence-electron chi connectivity index (χ0n) is 15.1. The van der Waals surface area contributed by atoms with E-state index in [4.69, 9.17) is 4.74 Å². The number of carbonyl (C=O) groups excluding carboxylic acids is 1. The number of aryl methyl sites for hydroxylation is 1. The first kappa shape index (κ1) is 18.4. The Hall–Kier alpha value is -3.42. The van der Waals surface area contributed by atoms with E-state index in [-0.39, 0.29) is 19.0 Å². The van der Waals surface area contributed by atoms with Crippen LogP contribution in [-0.4, -0.2) is 26.6 Å². The number of nitrogens with one attached hydrogen (secondary N) is 1. The van der Waals surface area contributed by atoms with Crippen LogP contribution < -0.4 is 21.2 Å². The van der Waals surface area contributed by atoms with Crippen LogP contribution in [0.15, 0.2) is 52.2 Å². The zero-order chi connectivity index (χ0) is 19.4. The fourth-order valence-electron chi connectivity index (χ4n) is 2.82. The maximum atomic E-state index is 12.4. The van der Waals surface area contributed by atoms with E-state index in [1.165, 1.54) is 17.8 Å². The molecular formula is C19H20N4O4. The van der Waals surface area contributed by atoms with E-state index in [1.807, 2.05) is 31.2 Å². The van der Waals surface area contributed by atoms with Gasteiger partial charge in [-0.05, 0) is 25.1 Å². The molecule has 3 aromatic rings. The number of amides is 1. The van der Waals surface area contributed by atoms with Crippen molar-refractivity contribution >= 4 is 17.1 Å². The number of fused-ring (bicyclic) bond motifs is 1. The van der Waals surface area contributed by atoms with Gasteiger partial charge in [-0.2, -0.15) is 0 Å². The zero-order valence-corrected chi connectivity index (χ0v) is 15.1. The lowest BCUT2D eigenvalue weighted by atomic mass is 10.2. The molecule has 0 unspecified atom stereocenters. The average molecular weight is 368 g/mol. The summed E-state index contributed by atoms with van der Waals surface area (Å²) in [4.78, 5) is 41.0. The Kier molecular flexibility index (Phi) is 5.35. The molecule has 0 aliphatic heterocycles. The lowest BCUT2D eigenvalue weighted by Gasteiger charge is -2.13. The highest BCUT2D eigenvalue weighted by Gasteiger charge is 2.14. The van der Waals surface area contributed by atoms with Crippen LogP contribution in [-0.2, 0) is 24.9 Å². The molecule has 27 heavy (non-hydrogen) atoms. The summed E-state index contributed by atoms with van der Waals surface area (Å²) in [5.74, 6) is 0.308. The van der Waals surface area contributed by atoms with Crippen molar-refractivity contribution in [2.24, 2.45) is 7.05 Å². The Balaban J connectivity index is 1.84. The van der Waals surface area contributed by atoms with Crippen LogP contribution in [0.5, 0.6) is 5.75 Å². The molecular weight excluding hydrogens is 348 g/mol. The molecule has 2 heterocycles. The molecule has 0 bridgehead atoms. The summed E-state index contributed by atoms with van der Waals surface area (Å²) in [6, 6.07) is 10.7. The highest BCUT2D eigenvalue weighted by atomic mass is 16.5. The Morgan fingerprint density at radius 1 is 1.15 bits per heavy atom. The minimum atomic E-state index is -0.761. The molecule has 0 radical (unpaired) electrons. The van der Waals surface area contributed by atoms with E-state index in [1.54, 1.807) is 12.1 Å². The summed E-state index contributed by atoms with van der Waals surface area (Å²) < 4.78 is 7.87. The lowest BCUT2D eigenvalue weighted by molar-refractivity contribution is -0.121. The number of nitrogens with zero attached hydrogens (tertiary/aromatic N) is 3. The monoisotopic (exact) mass is 368 g/mol. The first-order valence-corrected chi connectivity index (χ1v) is 8.55. The number of pyridine rings is 1. The van der Waals surface area contributed by atoms with Gasteiger partial charge >= 0.3 is 11.1 Å². The Morgan fingerprint density at radius 2 is 1.93 bits per heavy atom. The third kappa shape index (κ3) is 3.74. The van der Waals surface area contributed by atoms with Crippen LogP contribution in [0.4, 0.5) is 0 Å². The van der Waals surface area contributed by atoms with Crippen LogP contribution >= 0.6 is 0 Å². The van der Waals surface area contributed by atoms with E-state index in [2.05, 4.69) is 10.3 Å². The summed E-state index contributed by atoms with van der Waals surface area (Å²) in [7, 11) is 1.48. The number of ether oxygens (including phenoxy) is 1. The number of benzene rings is 1. The van der Waals surface area contributed by atoms with Crippen molar-refractivity contribution in [1.82, 2.24) is 19.4 Å². The Morgan fingerprint density at radius 3 is 2.70 bits per heavy atom. The molecule has 0 saturated carbocycles. The van der Waals surface area contributed by atoms with Gasteiger partial charge in [0.2, 0.25) is 5.91 Å². The normalized spacial score (nSPS) is 10.7. The van der Waals surface area contributed by atoms with E-state index in [0.29, 0.717) is 23.5 Å². The second-order valence-corrected chi connectivity index (χ2v) is 5.92. The van der Waals surface area contributed by atoms with Crippen LogP contribution in [0.3, 0.4) is 0 Å². The lowest BCUT2D eigenvalue weighted by Crippen LogP contribution is -2.43. The van der Waals surface area contributed by atoms with Crippen LogP contribution in [0, 0.1) is 0 Å². The second-order valence-electron chi connectivity index (χ2n) is 5.92. The summed E-state index contributed by atoms with van der Waals surface area (Å²) in [5.41, 5.74) is 0.111. The summed E-state index contributed by atoms with van der Waals surface area (Å²) >= 11 is 0. The minimum absolute atomic E-state index is 0.255. The first-order valence-electron chi connectivity index (χ1n) is 8.55. The van der Waals surface area contributed by atoms with E-state index < -0.39 is 11.1 Å². The summed E-state index contributed by atoms with van der Waals surface area (Å²) in [6.45, 7) is 2.39. The van der Waals surface area contributed by atoms with E-state index in [9.17, 15) is 14.4 Å². The van der Waals surface area contributed by atoms with Crippen molar-refractivity contribution in [3.8, 4) is 5.75 Å². The molecule has 1 aromatic carbocycles. The van der Waals surface area contributed by atoms with Gasteiger partial charge in [0.15, 0.2) is 5.65 Å². The van der Waals surface area contributed by atoms with Gasteiger partial charge in [-0.3, -0.25) is 23.5 Å². The molecule has 0 spiro atoms. The fraction of sp³-hybridized carbons (Fsp3) is 0.263. The molecule has 3 rings (SSSR count). The first-order chi connectivity index (χ1) is 13.0. The fourth-order valence-corrected chi connectivity index (χ4v) is 2.82. The second kappa shape index (κ2) is 7.86. The Labute approximate surface area is 155 Å². The number of carbonyl (C=O) groups is 1. The number of hydrogen-bond acceptors (Lipinski definition) is 5. The molecule has 2 aromatic heterocycles. The number of rotatable bonds is 6. The third-order valence-corrected chi connectivity index (χ3v) is 4.16. The minimum Gasteiger partial charge on any atom is -0.494 e. The molecule has 0 saturated heterocycles. The van der Waals surface area contributed by atoms with Crippen molar-refractivity contribution < 1.29 is 9.53 Å². The van der Waals surface area contributed by atoms with Gasteiger partial charge in [0.1, 0.15) is 12.3 Å². The van der Waals surface area contributed by atoms with Gasteiger partial charge in [0, 0.05) is 25.4 Å². The number of hydrogen-bond donors (Lipinski definition) is 1. The SMILES string of the molecule is CCOc1ccccc1CNC(=O)Cn1c(=O)c(=O)n(C)c2ncccc21. The van der Waals surface area contributed by atoms with Gasteiger partial charge in [-0.25, -0.2) is 4.98 Å². The molecule has 0 fully saturated rings. The molecule has 1 N–H and O–H groups in total. The van der Waals surface area contributed by atoms with Gasteiger partial charge in [-0.1, -0.05) is 18.2 Å². The van der Waals surface area contributed by atoms with Crippen molar-refractivity contribution in [2.45, 2.75) is 20.0 Å². The average Bonchev–Trinajstić information content (AvgIpc) is 2.69. The van der Waals surface area contributed by atoms with E-state index in [0.717, 1.165) is 10.1 Å². The van der Waals surface area contributed by atoms with E-state index >= 15 is 0 Å². The van der Waals surface area contributed by atoms with Gasteiger partial charge in [0.25, 0.3) is 0 Å². The standard InChI is InChI=1S/C19H20N4O4/c1-3-27-15-9-5-4-7-13(15)11-21-16(24)12-23-14-8-6-10-20-17(14)22(2)18(25)19(23)26/h4-10H,3,11-12H2,1-2H3,(H,21,24). The van der Waals surface area contributed by atoms with Crippen molar-refractivity contribution in [3.05, 3.63) is 68.9 Å². The molecule has 0 aliphatic carbocycles. The molecule has 0 atom stereocenters. The highest BCUT2D eigenvalue weighted by Crippen LogP contribution is 2.17. The van der Waals surface area contributed by atoms with Crippen molar-refractivity contribution in [3.63, 3.8) is 0 Å². The number of para-hydroxylation sites is 1. The van der Waals surface area contributed by atoms with Gasteiger partial charge < -0.3 is 10.1 Å². The quantitative estimate of drug-likeness (QED) is 0.650. The maximum absolute atomic E-state index is 12.4. The largest absolute Gasteiger partial charge is 0.494 e. The van der Waals surface area contributed by atoms with Crippen LogP contribution in [0.2, 0.25) is 0 Å². The molecule has 8 nitrogen and oxygen atoms in total. The maximum Gasteiger partial charge on any atom is 0.317 e. The molecule has 1 amide bonds. The highest BCUT2D eigenvalue weighted by molar-refractivity contribution is 5.78. The van der Waals surface area contributed by atoms with Crippen LogP contribution in [0.1, 0.15) is 12.5 Å². The Bertz CT molecular complexity index is 1100. The predicted molar refractivity (Wildman–Crippen MR) is 101 cm³/mol. The smallest absolute Gasteiger partial charge is 0.317 e. The molecule has 8 heteroatoms. The van der Waals surface area contributed by atoms with Crippen molar-refractivity contribution in [2.75, 3.05) is 6.61 Å². The summed E-state index contributed by atoms with van der Waals surface area (Å²) in [6.07, 6.45) is 1.53. The molecule has 0 aliphatic rings. The van der Waals surface area contributed by atoms with Gasteiger partial charge in [-0.15, -0.1) is 0 Å². The number of aromatic nitrogens is 3. The molecule has 140 valence electrons. The third-order valence-electron chi connectivity index (χ3n) is 4.16. The van der Waals surface area contributed by atoms with Crippen molar-refractivity contribution in [1.29, 1.82) is 0 Å². The van der Waals surface area contributed by atoms with Gasteiger partial charge in [0.05, 0.1) is 12.1 Å². The topological polar surface area (TPSA) is 95.2 Å². The predicted octanol–water partition coefficient (Wildman–Crippen LogP) is 0.810. The summed E-state index contributed by atoms with van der Waals surface area (Å²) in [5, 5.41) is 2.76.